The Morgan fingerprint density at radius 2 is 2.19 bits per heavy atom. The average Bonchev–Trinajstić information content (AvgIpc) is 2.45. The standard InChI is InChI=1S/C14H13IN4O2/c15-10-3-4-13(17-6-10)21-12-8-19(9-12)14(20)18-11-2-1-5-16-7-11/h1-7,12H,8-9H2,(H,18,20). The maximum absolute atomic E-state index is 12.0. The minimum Gasteiger partial charge on any atom is -0.471 e. The third kappa shape index (κ3) is 3.60. The van der Waals surface area contributed by atoms with Crippen LogP contribution in [0.2, 0.25) is 0 Å². The van der Waals surface area contributed by atoms with E-state index in [9.17, 15) is 4.79 Å². The number of ether oxygens (including phenoxy) is 1. The van der Waals surface area contributed by atoms with Crippen LogP contribution in [0.4, 0.5) is 10.5 Å². The fourth-order valence-corrected chi connectivity index (χ4v) is 2.24. The van der Waals surface area contributed by atoms with Crippen LogP contribution >= 0.6 is 22.6 Å². The lowest BCUT2D eigenvalue weighted by Crippen LogP contribution is -2.57. The summed E-state index contributed by atoms with van der Waals surface area (Å²) in [4.78, 5) is 21.8. The van der Waals surface area contributed by atoms with E-state index in [1.165, 1.54) is 0 Å². The highest BCUT2D eigenvalue weighted by atomic mass is 127. The largest absolute Gasteiger partial charge is 0.471 e. The number of amides is 2. The van der Waals surface area contributed by atoms with Crippen LogP contribution in [0.3, 0.4) is 0 Å². The Hall–Kier alpha value is -1.90. The molecule has 0 aliphatic carbocycles. The predicted octanol–water partition coefficient (Wildman–Crippen LogP) is 2.38. The summed E-state index contributed by atoms with van der Waals surface area (Å²) in [5.41, 5.74) is 0.686. The molecule has 1 N–H and O–H groups in total. The number of anilines is 1. The van der Waals surface area contributed by atoms with Gasteiger partial charge in [0, 0.05) is 22.0 Å². The van der Waals surface area contributed by atoms with E-state index in [0.29, 0.717) is 24.7 Å². The number of hydrogen-bond donors (Lipinski definition) is 1. The van der Waals surface area contributed by atoms with Crippen molar-refractivity contribution in [2.24, 2.45) is 0 Å². The monoisotopic (exact) mass is 396 g/mol. The van der Waals surface area contributed by atoms with Gasteiger partial charge in [0.1, 0.15) is 6.10 Å². The van der Waals surface area contributed by atoms with E-state index in [1.807, 2.05) is 12.1 Å². The van der Waals surface area contributed by atoms with Crippen LogP contribution in [-0.4, -0.2) is 40.1 Å². The van der Waals surface area contributed by atoms with Crippen molar-refractivity contribution >= 4 is 34.3 Å². The van der Waals surface area contributed by atoms with Crippen molar-refractivity contribution in [3.63, 3.8) is 0 Å². The summed E-state index contributed by atoms with van der Waals surface area (Å²) >= 11 is 2.19. The summed E-state index contributed by atoms with van der Waals surface area (Å²) < 4.78 is 6.75. The van der Waals surface area contributed by atoms with Gasteiger partial charge in [0.25, 0.3) is 0 Å². The fourth-order valence-electron chi connectivity index (χ4n) is 1.92. The van der Waals surface area contributed by atoms with Crippen LogP contribution in [0.15, 0.2) is 42.9 Å². The van der Waals surface area contributed by atoms with Gasteiger partial charge in [-0.15, -0.1) is 0 Å². The first-order valence-electron chi connectivity index (χ1n) is 6.45. The lowest BCUT2D eigenvalue weighted by atomic mass is 10.2. The molecular weight excluding hydrogens is 383 g/mol. The minimum atomic E-state index is -0.140. The molecule has 1 aliphatic rings. The molecule has 7 heteroatoms. The molecule has 0 spiro atoms. The maximum Gasteiger partial charge on any atom is 0.322 e. The Kier molecular flexibility index (Phi) is 4.18. The van der Waals surface area contributed by atoms with E-state index in [1.54, 1.807) is 35.6 Å². The average molecular weight is 396 g/mol. The van der Waals surface area contributed by atoms with Crippen LogP contribution in [0.1, 0.15) is 0 Å². The molecule has 108 valence electrons. The van der Waals surface area contributed by atoms with Crippen molar-refractivity contribution in [2.45, 2.75) is 6.10 Å². The van der Waals surface area contributed by atoms with Gasteiger partial charge < -0.3 is 15.0 Å². The van der Waals surface area contributed by atoms with Crippen LogP contribution in [0.25, 0.3) is 0 Å². The Balaban J connectivity index is 1.47. The van der Waals surface area contributed by atoms with E-state index < -0.39 is 0 Å². The SMILES string of the molecule is O=C(Nc1cccnc1)N1CC(Oc2ccc(I)cn2)C1. The Morgan fingerprint density at radius 1 is 1.33 bits per heavy atom. The first-order valence-corrected chi connectivity index (χ1v) is 7.53. The molecule has 2 aromatic rings. The number of carbonyl (C=O) groups excluding carboxylic acids is 1. The summed E-state index contributed by atoms with van der Waals surface area (Å²) in [7, 11) is 0. The zero-order valence-electron chi connectivity index (χ0n) is 11.1. The first-order chi connectivity index (χ1) is 10.2. The summed E-state index contributed by atoms with van der Waals surface area (Å²) in [6.07, 6.45) is 5.03. The molecular formula is C14H13IN4O2. The highest BCUT2D eigenvalue weighted by molar-refractivity contribution is 14.1. The molecule has 1 saturated heterocycles. The van der Waals surface area contributed by atoms with Crippen LogP contribution < -0.4 is 10.1 Å². The van der Waals surface area contributed by atoms with Crippen LogP contribution in [-0.2, 0) is 0 Å². The quantitative estimate of drug-likeness (QED) is 0.810. The van der Waals surface area contributed by atoms with Crippen molar-refractivity contribution in [2.75, 3.05) is 18.4 Å². The third-order valence-corrected chi connectivity index (χ3v) is 3.67. The molecule has 3 heterocycles. The second-order valence-electron chi connectivity index (χ2n) is 4.63. The number of urea groups is 1. The minimum absolute atomic E-state index is 0.00258. The molecule has 1 aliphatic heterocycles. The second kappa shape index (κ2) is 6.25. The number of aromatic nitrogens is 2. The van der Waals surface area contributed by atoms with Crippen molar-refractivity contribution in [3.05, 3.63) is 46.4 Å². The number of rotatable bonds is 3. The summed E-state index contributed by atoms with van der Waals surface area (Å²) in [6, 6.07) is 7.21. The van der Waals surface area contributed by atoms with Crippen LogP contribution in [0, 0.1) is 3.57 Å². The maximum atomic E-state index is 12.0. The van der Waals surface area contributed by atoms with E-state index in [2.05, 4.69) is 37.9 Å². The van der Waals surface area contributed by atoms with Gasteiger partial charge >= 0.3 is 6.03 Å². The zero-order chi connectivity index (χ0) is 14.7. The van der Waals surface area contributed by atoms with Crippen molar-refractivity contribution in [1.29, 1.82) is 0 Å². The first kappa shape index (κ1) is 14.1. The van der Waals surface area contributed by atoms with Crippen molar-refractivity contribution in [1.82, 2.24) is 14.9 Å². The molecule has 6 nitrogen and oxygen atoms in total. The van der Waals surface area contributed by atoms with Crippen molar-refractivity contribution in [3.8, 4) is 5.88 Å². The number of nitrogens with zero attached hydrogens (tertiary/aromatic N) is 3. The molecule has 0 aromatic carbocycles. The lowest BCUT2D eigenvalue weighted by Gasteiger charge is -2.38. The molecule has 0 bridgehead atoms. The van der Waals surface area contributed by atoms with Gasteiger partial charge in [-0.1, -0.05) is 0 Å². The number of halogens is 1. The molecule has 0 radical (unpaired) electrons. The van der Waals surface area contributed by atoms with Gasteiger partial charge in [0.05, 0.1) is 25.0 Å². The summed E-state index contributed by atoms with van der Waals surface area (Å²) in [5.74, 6) is 0.590. The molecule has 0 saturated carbocycles. The fraction of sp³-hybridized carbons (Fsp3) is 0.214. The summed E-state index contributed by atoms with van der Waals surface area (Å²) in [6.45, 7) is 1.11. The smallest absolute Gasteiger partial charge is 0.322 e. The summed E-state index contributed by atoms with van der Waals surface area (Å²) in [5, 5.41) is 2.79. The van der Waals surface area contributed by atoms with Gasteiger partial charge in [-0.3, -0.25) is 4.98 Å². The van der Waals surface area contributed by atoms with Gasteiger partial charge in [-0.25, -0.2) is 9.78 Å². The molecule has 1 fully saturated rings. The normalized spacial score (nSPS) is 14.4. The molecule has 2 amide bonds. The number of nitrogens with one attached hydrogen (secondary N) is 1. The zero-order valence-corrected chi connectivity index (χ0v) is 13.2. The van der Waals surface area contributed by atoms with Crippen LogP contribution in [0.5, 0.6) is 5.88 Å². The third-order valence-electron chi connectivity index (χ3n) is 3.04. The number of carbonyl (C=O) groups is 1. The highest BCUT2D eigenvalue weighted by Gasteiger charge is 2.32. The number of likely N-dealkylation sites (tertiary alicyclic amines) is 1. The van der Waals surface area contributed by atoms with Gasteiger partial charge in [-0.05, 0) is 40.8 Å². The predicted molar refractivity (Wildman–Crippen MR) is 86.2 cm³/mol. The molecule has 21 heavy (non-hydrogen) atoms. The van der Waals surface area contributed by atoms with Crippen molar-refractivity contribution < 1.29 is 9.53 Å². The van der Waals surface area contributed by atoms with E-state index in [-0.39, 0.29) is 12.1 Å². The second-order valence-corrected chi connectivity index (χ2v) is 5.88. The molecule has 2 aromatic heterocycles. The van der Waals surface area contributed by atoms with E-state index in [4.69, 9.17) is 4.74 Å². The number of pyridine rings is 2. The van der Waals surface area contributed by atoms with Gasteiger partial charge in [0.2, 0.25) is 5.88 Å². The molecule has 0 atom stereocenters. The molecule has 0 unspecified atom stereocenters. The lowest BCUT2D eigenvalue weighted by molar-refractivity contribution is 0.0461. The number of hydrogen-bond acceptors (Lipinski definition) is 4. The van der Waals surface area contributed by atoms with E-state index in [0.717, 1.165) is 3.57 Å². The van der Waals surface area contributed by atoms with E-state index >= 15 is 0 Å². The van der Waals surface area contributed by atoms with Gasteiger partial charge in [0.15, 0.2) is 0 Å². The Labute approximate surface area is 135 Å². The Morgan fingerprint density at radius 3 is 2.86 bits per heavy atom. The highest BCUT2D eigenvalue weighted by Crippen LogP contribution is 2.18. The van der Waals surface area contributed by atoms with Gasteiger partial charge in [-0.2, -0.15) is 0 Å². The Bertz CT molecular complexity index is 615. The topological polar surface area (TPSA) is 67.4 Å². The molecule has 3 rings (SSSR count).